The Hall–Kier alpha value is -6.12. The van der Waals surface area contributed by atoms with Gasteiger partial charge in [0.05, 0.1) is 11.4 Å². The summed E-state index contributed by atoms with van der Waals surface area (Å²) in [6.45, 7) is 0. The van der Waals surface area contributed by atoms with Crippen LogP contribution >= 0.6 is 0 Å². The highest BCUT2D eigenvalue weighted by atomic mass is 16.3. The number of hydrogen-bond acceptors (Lipinski definition) is 2. The van der Waals surface area contributed by atoms with Crippen LogP contribution in [0.3, 0.4) is 0 Å². The molecule has 10 rings (SSSR count). The van der Waals surface area contributed by atoms with Crippen molar-refractivity contribution in [3.05, 3.63) is 164 Å². The lowest BCUT2D eigenvalue weighted by Crippen LogP contribution is -2.11. The Labute approximate surface area is 265 Å². The number of benzene rings is 9. The zero-order chi connectivity index (χ0) is 30.2. The van der Waals surface area contributed by atoms with Crippen LogP contribution in [-0.2, 0) is 0 Å². The topological polar surface area (TPSA) is 16.4 Å². The van der Waals surface area contributed by atoms with Gasteiger partial charge in [0.2, 0.25) is 0 Å². The van der Waals surface area contributed by atoms with Gasteiger partial charge < -0.3 is 9.32 Å². The van der Waals surface area contributed by atoms with Crippen LogP contribution in [-0.4, -0.2) is 0 Å². The molecule has 0 fully saturated rings. The molecule has 46 heavy (non-hydrogen) atoms. The molecule has 0 unspecified atom stereocenters. The van der Waals surface area contributed by atoms with Gasteiger partial charge in [-0.1, -0.05) is 133 Å². The first kappa shape index (κ1) is 25.2. The molecule has 2 heteroatoms. The van der Waals surface area contributed by atoms with Gasteiger partial charge in [-0.3, -0.25) is 0 Å². The highest BCUT2D eigenvalue weighted by molar-refractivity contribution is 6.20. The second kappa shape index (κ2) is 9.69. The molecule has 0 aliphatic rings. The van der Waals surface area contributed by atoms with Crippen LogP contribution in [0.15, 0.2) is 168 Å². The van der Waals surface area contributed by atoms with E-state index in [-0.39, 0.29) is 0 Å². The highest BCUT2D eigenvalue weighted by Gasteiger charge is 2.23. The van der Waals surface area contributed by atoms with E-state index in [1.165, 1.54) is 48.5 Å². The van der Waals surface area contributed by atoms with E-state index in [1.807, 2.05) is 0 Å². The maximum atomic E-state index is 6.92. The van der Waals surface area contributed by atoms with Crippen LogP contribution in [0.2, 0.25) is 0 Å². The number of nitrogens with zero attached hydrogens (tertiary/aromatic N) is 1. The standard InChI is InChI=1S/C44H27NO/c1-4-13-33-28(10-1)20-21-31-26-32(23-25-35(31)33)45(42-27-30-12-3-5-14-34(30)37-16-7-8-17-38(37)42)41-19-9-18-39-40-24-22-29-11-2-6-15-36(29)43(40)46-44(39)41/h1-27H. The Balaban J connectivity index is 1.32. The number of rotatable bonds is 3. The lowest BCUT2D eigenvalue weighted by Gasteiger charge is -2.28. The van der Waals surface area contributed by atoms with Gasteiger partial charge in [0.25, 0.3) is 0 Å². The molecule has 0 saturated carbocycles. The molecule has 1 aromatic heterocycles. The molecule has 0 bridgehead atoms. The molecule has 0 radical (unpaired) electrons. The van der Waals surface area contributed by atoms with Crippen molar-refractivity contribution < 1.29 is 4.42 Å². The third-order valence-corrected chi connectivity index (χ3v) is 9.58. The number of anilines is 3. The summed E-state index contributed by atoms with van der Waals surface area (Å²) < 4.78 is 6.92. The molecule has 0 saturated heterocycles. The molecule has 0 aliphatic carbocycles. The molecular weight excluding hydrogens is 558 g/mol. The normalized spacial score (nSPS) is 11.9. The van der Waals surface area contributed by atoms with E-state index in [0.29, 0.717) is 0 Å². The zero-order valence-electron chi connectivity index (χ0n) is 24.9. The van der Waals surface area contributed by atoms with Crippen LogP contribution in [0.25, 0.3) is 75.8 Å². The van der Waals surface area contributed by atoms with Gasteiger partial charge in [0.15, 0.2) is 5.58 Å². The average Bonchev–Trinajstić information content (AvgIpc) is 3.52. The lowest BCUT2D eigenvalue weighted by atomic mass is 9.98. The van der Waals surface area contributed by atoms with E-state index in [1.54, 1.807) is 0 Å². The van der Waals surface area contributed by atoms with Gasteiger partial charge in [0.1, 0.15) is 5.58 Å². The third kappa shape index (κ3) is 3.65. The van der Waals surface area contributed by atoms with Gasteiger partial charge in [-0.15, -0.1) is 0 Å². The molecule has 214 valence electrons. The first-order valence-electron chi connectivity index (χ1n) is 15.8. The summed E-state index contributed by atoms with van der Waals surface area (Å²) in [5.41, 5.74) is 5.02. The van der Waals surface area contributed by atoms with E-state index in [2.05, 4.69) is 169 Å². The number of hydrogen-bond donors (Lipinski definition) is 0. The Morgan fingerprint density at radius 2 is 0.826 bits per heavy atom. The zero-order valence-corrected chi connectivity index (χ0v) is 24.9. The van der Waals surface area contributed by atoms with Crippen LogP contribution in [0.4, 0.5) is 17.1 Å². The van der Waals surface area contributed by atoms with Crippen molar-refractivity contribution >= 4 is 92.9 Å². The minimum Gasteiger partial charge on any atom is -0.453 e. The predicted molar refractivity (Wildman–Crippen MR) is 196 cm³/mol. The van der Waals surface area contributed by atoms with Crippen LogP contribution in [0.1, 0.15) is 0 Å². The molecule has 9 aromatic carbocycles. The third-order valence-electron chi connectivity index (χ3n) is 9.58. The van der Waals surface area contributed by atoms with Gasteiger partial charge in [-0.05, 0) is 73.4 Å². The van der Waals surface area contributed by atoms with E-state index in [0.717, 1.165) is 44.4 Å². The number of fused-ring (bicyclic) bond motifs is 11. The van der Waals surface area contributed by atoms with Crippen LogP contribution in [0.5, 0.6) is 0 Å². The van der Waals surface area contributed by atoms with E-state index in [4.69, 9.17) is 4.42 Å². The van der Waals surface area contributed by atoms with Crippen molar-refractivity contribution in [2.24, 2.45) is 0 Å². The Morgan fingerprint density at radius 3 is 1.65 bits per heavy atom. The summed E-state index contributed by atoms with van der Waals surface area (Å²) in [7, 11) is 0. The minimum absolute atomic E-state index is 0.879. The van der Waals surface area contributed by atoms with Crippen molar-refractivity contribution in [1.29, 1.82) is 0 Å². The quantitative estimate of drug-likeness (QED) is 0.192. The molecule has 10 aromatic rings. The van der Waals surface area contributed by atoms with Crippen molar-refractivity contribution in [2.45, 2.75) is 0 Å². The number of para-hydroxylation sites is 1. The SMILES string of the molecule is c1ccc2c(c1)ccc1cc(N(c3cc4ccccc4c4ccccc34)c3cccc4c3oc3c5ccccc5ccc43)ccc12. The van der Waals surface area contributed by atoms with E-state index in [9.17, 15) is 0 Å². The molecule has 0 aliphatic heterocycles. The van der Waals surface area contributed by atoms with Crippen molar-refractivity contribution in [2.75, 3.05) is 4.90 Å². The monoisotopic (exact) mass is 585 g/mol. The van der Waals surface area contributed by atoms with E-state index >= 15 is 0 Å². The van der Waals surface area contributed by atoms with Crippen molar-refractivity contribution in [3.8, 4) is 0 Å². The van der Waals surface area contributed by atoms with Gasteiger partial charge >= 0.3 is 0 Å². The second-order valence-corrected chi connectivity index (χ2v) is 12.1. The summed E-state index contributed by atoms with van der Waals surface area (Å²) in [6, 6.07) is 59.1. The first-order chi connectivity index (χ1) is 22.8. The molecule has 0 amide bonds. The maximum absolute atomic E-state index is 6.92. The van der Waals surface area contributed by atoms with Gasteiger partial charge in [-0.25, -0.2) is 0 Å². The molecule has 0 atom stereocenters. The largest absolute Gasteiger partial charge is 0.453 e. The summed E-state index contributed by atoms with van der Waals surface area (Å²) in [4.78, 5) is 2.40. The predicted octanol–water partition coefficient (Wildman–Crippen LogP) is 12.8. The van der Waals surface area contributed by atoms with Crippen LogP contribution in [0, 0.1) is 0 Å². The minimum atomic E-state index is 0.879. The molecule has 2 nitrogen and oxygen atoms in total. The Bertz CT molecular complexity index is 2820. The van der Waals surface area contributed by atoms with Crippen molar-refractivity contribution in [1.82, 2.24) is 0 Å². The molecule has 0 N–H and O–H groups in total. The van der Waals surface area contributed by atoms with Crippen LogP contribution < -0.4 is 4.90 Å². The summed E-state index contributed by atoms with van der Waals surface area (Å²) in [5, 5.41) is 14.4. The summed E-state index contributed by atoms with van der Waals surface area (Å²) in [5.74, 6) is 0. The Kier molecular flexibility index (Phi) is 5.31. The average molecular weight is 586 g/mol. The summed E-state index contributed by atoms with van der Waals surface area (Å²) in [6.07, 6.45) is 0. The Morgan fingerprint density at radius 1 is 0.304 bits per heavy atom. The smallest absolute Gasteiger partial charge is 0.159 e. The first-order valence-corrected chi connectivity index (χ1v) is 15.8. The van der Waals surface area contributed by atoms with Gasteiger partial charge in [-0.2, -0.15) is 0 Å². The van der Waals surface area contributed by atoms with Gasteiger partial charge in [0, 0.05) is 27.2 Å². The molecule has 0 spiro atoms. The maximum Gasteiger partial charge on any atom is 0.159 e. The fourth-order valence-electron chi connectivity index (χ4n) is 7.45. The second-order valence-electron chi connectivity index (χ2n) is 12.1. The number of furan rings is 1. The molecule has 1 heterocycles. The fraction of sp³-hybridized carbons (Fsp3) is 0. The van der Waals surface area contributed by atoms with Crippen molar-refractivity contribution in [3.63, 3.8) is 0 Å². The highest BCUT2D eigenvalue weighted by Crippen LogP contribution is 2.47. The fourth-order valence-corrected chi connectivity index (χ4v) is 7.45. The lowest BCUT2D eigenvalue weighted by molar-refractivity contribution is 0.673. The van der Waals surface area contributed by atoms with E-state index < -0.39 is 0 Å². The molecular formula is C44H27NO. The summed E-state index contributed by atoms with van der Waals surface area (Å²) >= 11 is 0.